The number of carbonyl (C=O) groups is 2. The molecule has 1 rings (SSSR count). The quantitative estimate of drug-likeness (QED) is 0.671. The summed E-state index contributed by atoms with van der Waals surface area (Å²) in [6.45, 7) is 2.07. The van der Waals surface area contributed by atoms with Gasteiger partial charge in [-0.05, 0) is 25.2 Å². The molecular weight excluding hydrogens is 182 g/mol. The number of rotatable bonds is 6. The predicted molar refractivity (Wildman–Crippen MR) is 51.8 cm³/mol. The number of carbonyl (C=O) groups excluding carboxylic acids is 1. The third-order valence-electron chi connectivity index (χ3n) is 2.56. The van der Waals surface area contributed by atoms with Crippen molar-refractivity contribution >= 4 is 11.9 Å². The van der Waals surface area contributed by atoms with Crippen molar-refractivity contribution in [2.75, 3.05) is 6.54 Å². The number of nitrogens with one attached hydrogen (secondary N) is 1. The van der Waals surface area contributed by atoms with Crippen molar-refractivity contribution in [1.82, 2.24) is 5.32 Å². The third-order valence-corrected chi connectivity index (χ3v) is 2.56. The summed E-state index contributed by atoms with van der Waals surface area (Å²) in [6, 6.07) is 0. The molecule has 14 heavy (non-hydrogen) atoms. The number of carboxylic acid groups (broad SMARTS) is 1. The average molecular weight is 199 g/mol. The maximum Gasteiger partial charge on any atom is 0.308 e. The molecule has 2 N–H and O–H groups in total. The molecule has 4 heteroatoms. The first-order valence-electron chi connectivity index (χ1n) is 5.13. The largest absolute Gasteiger partial charge is 0.481 e. The van der Waals surface area contributed by atoms with E-state index in [0.29, 0.717) is 18.8 Å². The van der Waals surface area contributed by atoms with Gasteiger partial charge in [0.1, 0.15) is 0 Å². The van der Waals surface area contributed by atoms with Gasteiger partial charge in [-0.1, -0.05) is 6.92 Å². The fourth-order valence-corrected chi connectivity index (χ4v) is 1.30. The molecule has 80 valence electrons. The lowest BCUT2D eigenvalue weighted by Crippen LogP contribution is -2.32. The Labute approximate surface area is 83.7 Å². The first-order chi connectivity index (χ1) is 6.63. The van der Waals surface area contributed by atoms with Crippen LogP contribution in [0.4, 0.5) is 0 Å². The van der Waals surface area contributed by atoms with E-state index in [-0.39, 0.29) is 12.5 Å². The second-order valence-electron chi connectivity index (χ2n) is 3.89. The average Bonchev–Trinajstić information content (AvgIpc) is 2.88. The van der Waals surface area contributed by atoms with Gasteiger partial charge in [-0.3, -0.25) is 9.59 Å². The first-order valence-corrected chi connectivity index (χ1v) is 5.13. The molecule has 0 radical (unpaired) electrons. The second-order valence-corrected chi connectivity index (χ2v) is 3.89. The Morgan fingerprint density at radius 3 is 2.57 bits per heavy atom. The van der Waals surface area contributed by atoms with Gasteiger partial charge in [0, 0.05) is 13.0 Å². The first kappa shape index (κ1) is 11.0. The van der Waals surface area contributed by atoms with Gasteiger partial charge in [0.25, 0.3) is 0 Å². The Hall–Kier alpha value is -1.06. The summed E-state index contributed by atoms with van der Waals surface area (Å²) in [7, 11) is 0. The van der Waals surface area contributed by atoms with Crippen LogP contribution in [0.1, 0.15) is 32.6 Å². The Morgan fingerprint density at radius 1 is 1.50 bits per heavy atom. The van der Waals surface area contributed by atoms with Crippen LogP contribution in [0, 0.1) is 11.8 Å². The van der Waals surface area contributed by atoms with Gasteiger partial charge in [0.15, 0.2) is 0 Å². The van der Waals surface area contributed by atoms with Crippen molar-refractivity contribution in [2.24, 2.45) is 11.8 Å². The van der Waals surface area contributed by atoms with E-state index < -0.39 is 11.9 Å². The van der Waals surface area contributed by atoms with Gasteiger partial charge >= 0.3 is 5.97 Å². The summed E-state index contributed by atoms with van der Waals surface area (Å²) >= 11 is 0. The molecule has 0 aromatic rings. The van der Waals surface area contributed by atoms with Crippen LogP contribution in [-0.2, 0) is 9.59 Å². The molecule has 1 unspecified atom stereocenters. The Kier molecular flexibility index (Phi) is 3.92. The summed E-state index contributed by atoms with van der Waals surface area (Å²) in [5, 5.41) is 11.4. The smallest absolute Gasteiger partial charge is 0.308 e. The van der Waals surface area contributed by atoms with Gasteiger partial charge in [-0.15, -0.1) is 0 Å². The second kappa shape index (κ2) is 4.98. The summed E-state index contributed by atoms with van der Waals surface area (Å²) in [6.07, 6.45) is 3.40. The van der Waals surface area contributed by atoms with E-state index in [0.717, 1.165) is 12.8 Å². The Balaban J connectivity index is 2.16. The lowest BCUT2D eigenvalue weighted by Gasteiger charge is -2.10. The molecule has 1 saturated carbocycles. The molecule has 4 nitrogen and oxygen atoms in total. The van der Waals surface area contributed by atoms with Crippen LogP contribution >= 0.6 is 0 Å². The van der Waals surface area contributed by atoms with Crippen LogP contribution in [0.3, 0.4) is 0 Å². The van der Waals surface area contributed by atoms with Crippen molar-refractivity contribution < 1.29 is 14.7 Å². The van der Waals surface area contributed by atoms with Crippen molar-refractivity contribution in [3.8, 4) is 0 Å². The SMILES string of the molecule is CCC(CNC(=O)CC1CC1)C(=O)O. The molecule has 0 aliphatic heterocycles. The molecule has 0 aromatic heterocycles. The maximum atomic E-state index is 11.2. The summed E-state index contributed by atoms with van der Waals surface area (Å²) in [4.78, 5) is 21.9. The highest BCUT2D eigenvalue weighted by atomic mass is 16.4. The molecule has 1 fully saturated rings. The molecule has 1 aliphatic carbocycles. The number of hydrogen-bond donors (Lipinski definition) is 2. The zero-order valence-corrected chi connectivity index (χ0v) is 8.45. The standard InChI is InChI=1S/C10H17NO3/c1-2-8(10(13)14)6-11-9(12)5-7-3-4-7/h7-8H,2-6H2,1H3,(H,11,12)(H,13,14). The van der Waals surface area contributed by atoms with Crippen LogP contribution in [0.5, 0.6) is 0 Å². The lowest BCUT2D eigenvalue weighted by atomic mass is 10.1. The number of aliphatic carboxylic acids is 1. The van der Waals surface area contributed by atoms with Crippen molar-refractivity contribution in [3.63, 3.8) is 0 Å². The summed E-state index contributed by atoms with van der Waals surface area (Å²) in [5.41, 5.74) is 0. The van der Waals surface area contributed by atoms with Gasteiger partial charge in [0.2, 0.25) is 5.91 Å². The van der Waals surface area contributed by atoms with Crippen LogP contribution in [0.25, 0.3) is 0 Å². The van der Waals surface area contributed by atoms with Gasteiger partial charge in [0.05, 0.1) is 5.92 Å². The normalized spacial score (nSPS) is 17.5. The monoisotopic (exact) mass is 199 g/mol. The van der Waals surface area contributed by atoms with E-state index in [1.54, 1.807) is 0 Å². The van der Waals surface area contributed by atoms with Crippen molar-refractivity contribution in [2.45, 2.75) is 32.6 Å². The predicted octanol–water partition coefficient (Wildman–Crippen LogP) is 1.01. The zero-order chi connectivity index (χ0) is 10.6. The van der Waals surface area contributed by atoms with Gasteiger partial charge in [-0.25, -0.2) is 0 Å². The Bertz CT molecular complexity index is 223. The molecule has 0 aromatic carbocycles. The number of amides is 1. The van der Waals surface area contributed by atoms with E-state index >= 15 is 0 Å². The molecule has 0 bridgehead atoms. The summed E-state index contributed by atoms with van der Waals surface area (Å²) < 4.78 is 0. The molecule has 1 atom stereocenters. The molecule has 0 spiro atoms. The fourth-order valence-electron chi connectivity index (χ4n) is 1.30. The van der Waals surface area contributed by atoms with Crippen LogP contribution in [0.2, 0.25) is 0 Å². The van der Waals surface area contributed by atoms with Gasteiger partial charge < -0.3 is 10.4 Å². The minimum absolute atomic E-state index is 0.00722. The van der Waals surface area contributed by atoms with Crippen molar-refractivity contribution in [1.29, 1.82) is 0 Å². The zero-order valence-electron chi connectivity index (χ0n) is 8.45. The number of carboxylic acids is 1. The highest BCUT2D eigenvalue weighted by Crippen LogP contribution is 2.32. The minimum Gasteiger partial charge on any atom is -0.481 e. The van der Waals surface area contributed by atoms with E-state index in [9.17, 15) is 9.59 Å². The van der Waals surface area contributed by atoms with E-state index in [1.165, 1.54) is 0 Å². The highest BCUT2D eigenvalue weighted by Gasteiger charge is 2.24. The molecule has 0 heterocycles. The minimum atomic E-state index is -0.834. The lowest BCUT2D eigenvalue weighted by molar-refractivity contribution is -0.141. The maximum absolute atomic E-state index is 11.2. The third kappa shape index (κ3) is 3.77. The topological polar surface area (TPSA) is 66.4 Å². The van der Waals surface area contributed by atoms with Crippen molar-refractivity contribution in [3.05, 3.63) is 0 Å². The van der Waals surface area contributed by atoms with E-state index in [4.69, 9.17) is 5.11 Å². The number of hydrogen-bond acceptors (Lipinski definition) is 2. The van der Waals surface area contributed by atoms with E-state index in [2.05, 4.69) is 5.32 Å². The van der Waals surface area contributed by atoms with Crippen LogP contribution < -0.4 is 5.32 Å². The van der Waals surface area contributed by atoms with Crippen LogP contribution in [0.15, 0.2) is 0 Å². The summed E-state index contributed by atoms with van der Waals surface area (Å²) in [5.74, 6) is -0.732. The molecular formula is C10H17NO3. The molecule has 1 amide bonds. The fraction of sp³-hybridized carbons (Fsp3) is 0.800. The van der Waals surface area contributed by atoms with Crippen LogP contribution in [-0.4, -0.2) is 23.5 Å². The highest BCUT2D eigenvalue weighted by molar-refractivity contribution is 5.77. The van der Waals surface area contributed by atoms with Gasteiger partial charge in [-0.2, -0.15) is 0 Å². The molecule has 1 aliphatic rings. The van der Waals surface area contributed by atoms with E-state index in [1.807, 2.05) is 6.92 Å². The Morgan fingerprint density at radius 2 is 2.14 bits per heavy atom. The molecule has 0 saturated heterocycles.